The van der Waals surface area contributed by atoms with E-state index in [1.54, 1.807) is 0 Å². The van der Waals surface area contributed by atoms with E-state index in [-0.39, 0.29) is 18.4 Å². The quantitative estimate of drug-likeness (QED) is 0.838. The van der Waals surface area contributed by atoms with Crippen LogP contribution >= 0.6 is 0 Å². The van der Waals surface area contributed by atoms with Crippen molar-refractivity contribution >= 4 is 12.0 Å². The molecule has 0 aromatic heterocycles. The van der Waals surface area contributed by atoms with Gasteiger partial charge >= 0.3 is 12.0 Å². The van der Waals surface area contributed by atoms with Crippen molar-refractivity contribution in [2.45, 2.75) is 51.9 Å². The minimum Gasteiger partial charge on any atom is -0.481 e. The van der Waals surface area contributed by atoms with E-state index >= 15 is 0 Å². The number of carboxylic acid groups (broad SMARTS) is 1. The van der Waals surface area contributed by atoms with E-state index in [9.17, 15) is 9.59 Å². The maximum absolute atomic E-state index is 12.1. The number of amides is 2. The van der Waals surface area contributed by atoms with Gasteiger partial charge in [0.15, 0.2) is 0 Å². The van der Waals surface area contributed by atoms with Gasteiger partial charge in [-0.2, -0.15) is 0 Å². The lowest BCUT2D eigenvalue weighted by molar-refractivity contribution is -0.138. The van der Waals surface area contributed by atoms with Crippen LogP contribution in [0.15, 0.2) is 0 Å². The third kappa shape index (κ3) is 5.21. The molecule has 2 amide bonds. The van der Waals surface area contributed by atoms with Crippen molar-refractivity contribution in [1.82, 2.24) is 10.2 Å². The number of rotatable bonds is 4. The summed E-state index contributed by atoms with van der Waals surface area (Å²) in [6.07, 6.45) is 6.89. The van der Waals surface area contributed by atoms with Crippen LogP contribution in [0.25, 0.3) is 0 Å². The van der Waals surface area contributed by atoms with Crippen molar-refractivity contribution < 1.29 is 14.7 Å². The summed E-state index contributed by atoms with van der Waals surface area (Å²) in [5, 5.41) is 11.9. The number of urea groups is 1. The number of nitrogens with one attached hydrogen (secondary N) is 1. The first-order valence-corrected chi connectivity index (χ1v) is 8.29. The summed E-state index contributed by atoms with van der Waals surface area (Å²) in [6.45, 7) is 4.45. The van der Waals surface area contributed by atoms with Crippen LogP contribution in [0.5, 0.6) is 0 Å². The summed E-state index contributed by atoms with van der Waals surface area (Å²) in [5.41, 5.74) is 0. The van der Waals surface area contributed by atoms with Crippen LogP contribution in [0.1, 0.15) is 51.9 Å². The van der Waals surface area contributed by atoms with Gasteiger partial charge in [-0.1, -0.05) is 19.8 Å². The number of likely N-dealkylation sites (tertiary alicyclic amines) is 1. The van der Waals surface area contributed by atoms with Crippen LogP contribution in [-0.2, 0) is 4.79 Å². The van der Waals surface area contributed by atoms with Gasteiger partial charge in [-0.05, 0) is 43.4 Å². The first kappa shape index (κ1) is 16.1. The van der Waals surface area contributed by atoms with Gasteiger partial charge in [0.2, 0.25) is 0 Å². The zero-order valence-electron chi connectivity index (χ0n) is 13.0. The van der Waals surface area contributed by atoms with Gasteiger partial charge in [-0.25, -0.2) is 4.79 Å². The zero-order chi connectivity index (χ0) is 15.2. The Morgan fingerprint density at radius 3 is 2.48 bits per heavy atom. The second-order valence-corrected chi connectivity index (χ2v) is 6.85. The largest absolute Gasteiger partial charge is 0.481 e. The summed E-state index contributed by atoms with van der Waals surface area (Å²) in [6, 6.07) is 0.0296. The molecule has 1 aliphatic heterocycles. The number of hydrogen-bond acceptors (Lipinski definition) is 2. The average molecular weight is 296 g/mol. The molecule has 0 spiro atoms. The monoisotopic (exact) mass is 296 g/mol. The number of aliphatic carboxylic acids is 1. The van der Waals surface area contributed by atoms with E-state index in [0.717, 1.165) is 25.3 Å². The van der Waals surface area contributed by atoms with E-state index in [1.807, 2.05) is 4.90 Å². The van der Waals surface area contributed by atoms with Crippen molar-refractivity contribution in [1.29, 1.82) is 0 Å². The maximum atomic E-state index is 12.1. The second kappa shape index (κ2) is 7.66. The Morgan fingerprint density at radius 1 is 1.14 bits per heavy atom. The summed E-state index contributed by atoms with van der Waals surface area (Å²) in [4.78, 5) is 24.7. The van der Waals surface area contributed by atoms with Crippen molar-refractivity contribution in [3.63, 3.8) is 0 Å². The maximum Gasteiger partial charge on any atom is 0.317 e. The van der Waals surface area contributed by atoms with Gasteiger partial charge in [0.05, 0.1) is 0 Å². The van der Waals surface area contributed by atoms with Crippen molar-refractivity contribution in [3.8, 4) is 0 Å². The molecule has 21 heavy (non-hydrogen) atoms. The first-order valence-electron chi connectivity index (χ1n) is 8.29. The highest BCUT2D eigenvalue weighted by Gasteiger charge is 2.25. The first-order chi connectivity index (χ1) is 10.0. The van der Waals surface area contributed by atoms with Gasteiger partial charge in [0.25, 0.3) is 0 Å². The zero-order valence-corrected chi connectivity index (χ0v) is 13.0. The van der Waals surface area contributed by atoms with Crippen molar-refractivity contribution in [3.05, 3.63) is 0 Å². The third-order valence-corrected chi connectivity index (χ3v) is 4.95. The highest BCUT2D eigenvalue weighted by Crippen LogP contribution is 2.28. The Hall–Kier alpha value is -1.26. The molecule has 0 aromatic carbocycles. The Kier molecular flexibility index (Phi) is 5.88. The highest BCUT2D eigenvalue weighted by atomic mass is 16.4. The molecule has 0 bridgehead atoms. The summed E-state index contributed by atoms with van der Waals surface area (Å²) < 4.78 is 0. The predicted octanol–water partition coefficient (Wildman–Crippen LogP) is 2.71. The van der Waals surface area contributed by atoms with E-state index in [1.165, 1.54) is 25.7 Å². The number of carbonyl (C=O) groups excluding carboxylic acids is 1. The molecule has 2 N–H and O–H groups in total. The van der Waals surface area contributed by atoms with E-state index in [2.05, 4.69) is 12.2 Å². The molecule has 0 aromatic rings. The summed E-state index contributed by atoms with van der Waals surface area (Å²) in [5.74, 6) is 0.907. The van der Waals surface area contributed by atoms with Crippen LogP contribution in [-0.4, -0.2) is 41.6 Å². The Balaban J connectivity index is 1.66. The number of nitrogens with zero attached hydrogens (tertiary/aromatic N) is 1. The molecular weight excluding hydrogens is 268 g/mol. The molecule has 0 radical (unpaired) electrons. The van der Waals surface area contributed by atoms with Crippen LogP contribution in [0.3, 0.4) is 0 Å². The van der Waals surface area contributed by atoms with Crippen molar-refractivity contribution in [2.24, 2.45) is 17.8 Å². The lowest BCUT2D eigenvalue weighted by atomic mass is 9.82. The van der Waals surface area contributed by atoms with Gasteiger partial charge in [0.1, 0.15) is 0 Å². The van der Waals surface area contributed by atoms with Crippen molar-refractivity contribution in [2.75, 3.05) is 19.6 Å². The predicted molar refractivity (Wildman–Crippen MR) is 81.1 cm³/mol. The normalized spacial score (nSPS) is 27.4. The fourth-order valence-electron chi connectivity index (χ4n) is 3.68. The molecule has 2 atom stereocenters. The highest BCUT2D eigenvalue weighted by molar-refractivity contribution is 5.74. The van der Waals surface area contributed by atoms with E-state index in [0.29, 0.717) is 19.0 Å². The van der Waals surface area contributed by atoms with Gasteiger partial charge in [-0.3, -0.25) is 4.79 Å². The molecular formula is C16H28N2O3. The minimum absolute atomic E-state index is 0.0296. The number of piperidine rings is 1. The standard InChI is InChI=1S/C16H28N2O3/c1-12-3-2-4-14(9-12)11-17-16(21)18-7-5-13(6-8-18)10-15(19)20/h12-14H,2-11H2,1H3,(H,17,21)(H,19,20). The minimum atomic E-state index is -0.732. The molecule has 2 unspecified atom stereocenters. The molecule has 5 heteroatoms. The molecule has 1 aliphatic carbocycles. The van der Waals surface area contributed by atoms with Crippen LogP contribution < -0.4 is 5.32 Å². The Labute approximate surface area is 127 Å². The van der Waals surface area contributed by atoms with Gasteiger partial charge < -0.3 is 15.3 Å². The second-order valence-electron chi connectivity index (χ2n) is 6.85. The molecule has 1 saturated heterocycles. The molecule has 2 aliphatic rings. The summed E-state index contributed by atoms with van der Waals surface area (Å²) >= 11 is 0. The molecule has 5 nitrogen and oxygen atoms in total. The van der Waals surface area contributed by atoms with E-state index in [4.69, 9.17) is 5.11 Å². The topological polar surface area (TPSA) is 69.6 Å². The SMILES string of the molecule is CC1CCCC(CNC(=O)N2CCC(CC(=O)O)CC2)C1. The molecule has 1 heterocycles. The number of carbonyl (C=O) groups is 2. The van der Waals surface area contributed by atoms with E-state index < -0.39 is 5.97 Å². The Morgan fingerprint density at radius 2 is 1.86 bits per heavy atom. The average Bonchev–Trinajstić information content (AvgIpc) is 2.45. The van der Waals surface area contributed by atoms with Crippen LogP contribution in [0.2, 0.25) is 0 Å². The lowest BCUT2D eigenvalue weighted by Crippen LogP contribution is -2.46. The Bertz CT molecular complexity index is 365. The number of carboxylic acids is 1. The van der Waals surface area contributed by atoms with Crippen LogP contribution in [0.4, 0.5) is 4.79 Å². The van der Waals surface area contributed by atoms with Gasteiger partial charge in [0, 0.05) is 26.1 Å². The van der Waals surface area contributed by atoms with Crippen LogP contribution in [0, 0.1) is 17.8 Å². The summed E-state index contributed by atoms with van der Waals surface area (Å²) in [7, 11) is 0. The molecule has 2 fully saturated rings. The lowest BCUT2D eigenvalue weighted by Gasteiger charge is -2.32. The third-order valence-electron chi connectivity index (χ3n) is 4.95. The smallest absolute Gasteiger partial charge is 0.317 e. The molecule has 2 rings (SSSR count). The fourth-order valence-corrected chi connectivity index (χ4v) is 3.68. The van der Waals surface area contributed by atoms with Gasteiger partial charge in [-0.15, -0.1) is 0 Å². The fraction of sp³-hybridized carbons (Fsp3) is 0.875. The molecule has 1 saturated carbocycles. The number of hydrogen-bond donors (Lipinski definition) is 2. The molecule has 120 valence electrons.